The summed E-state index contributed by atoms with van der Waals surface area (Å²) in [6.45, 7) is 6.49. The van der Waals surface area contributed by atoms with Crippen LogP contribution in [0.1, 0.15) is 22.5 Å². The van der Waals surface area contributed by atoms with Crippen LogP contribution >= 0.6 is 22.7 Å². The smallest absolute Gasteiger partial charge is 0.187 e. The second-order valence-corrected chi connectivity index (χ2v) is 12.9. The first-order valence-corrected chi connectivity index (χ1v) is 16.5. The molecule has 0 amide bonds. The van der Waals surface area contributed by atoms with E-state index in [-0.39, 0.29) is 12.4 Å². The fourth-order valence-corrected chi connectivity index (χ4v) is 7.00. The lowest BCUT2D eigenvalue weighted by atomic mass is 10.1. The van der Waals surface area contributed by atoms with Crippen LogP contribution in [0.3, 0.4) is 0 Å². The van der Waals surface area contributed by atoms with Gasteiger partial charge in [0, 0.05) is 41.8 Å². The zero-order valence-electron chi connectivity index (χ0n) is 25.8. The Bertz CT molecular complexity index is 1640. The molecule has 0 saturated carbocycles. The third-order valence-corrected chi connectivity index (χ3v) is 9.66. The van der Waals surface area contributed by atoms with Gasteiger partial charge in [-0.05, 0) is 66.2 Å². The first-order valence-electron chi connectivity index (χ1n) is 14.8. The molecule has 0 bridgehead atoms. The van der Waals surface area contributed by atoms with Gasteiger partial charge in [-0.1, -0.05) is 12.1 Å². The van der Waals surface area contributed by atoms with Crippen LogP contribution in [0.15, 0.2) is 83.6 Å². The number of quaternary nitrogens is 1. The minimum atomic E-state index is 0. The van der Waals surface area contributed by atoms with E-state index in [4.69, 9.17) is 24.7 Å². The van der Waals surface area contributed by atoms with Crippen LogP contribution in [0.25, 0.3) is 0 Å². The van der Waals surface area contributed by atoms with E-state index >= 15 is 0 Å². The molecule has 1 aliphatic rings. The number of benzene rings is 3. The lowest BCUT2D eigenvalue weighted by molar-refractivity contribution is -0.957. The molecule has 3 aromatic carbocycles. The van der Waals surface area contributed by atoms with E-state index in [0.29, 0.717) is 5.56 Å². The molecule has 46 heavy (non-hydrogen) atoms. The fraction of sp³-hybridized carbons (Fsp3) is 0.265. The average molecular weight is 674 g/mol. The van der Waals surface area contributed by atoms with Gasteiger partial charge in [0.15, 0.2) is 10.3 Å². The van der Waals surface area contributed by atoms with Crippen molar-refractivity contribution in [2.24, 2.45) is 0 Å². The fourth-order valence-electron chi connectivity index (χ4n) is 5.56. The van der Waals surface area contributed by atoms with Gasteiger partial charge in [0.1, 0.15) is 36.0 Å². The van der Waals surface area contributed by atoms with E-state index in [1.807, 2.05) is 60.7 Å². The largest absolute Gasteiger partial charge is 1.00 e. The SMILES string of the molecule is COc1ccc(Nc2nc(C[N+]3(Cc4csc(Nc5ccc(OC)cc5)n4)CCN(Cc4ccc(C#N)cc4)CC3)cs2)cc1.[Cl-]. The van der Waals surface area contributed by atoms with Gasteiger partial charge in [-0.3, -0.25) is 4.90 Å². The van der Waals surface area contributed by atoms with Crippen LogP contribution in [0, 0.1) is 11.3 Å². The van der Waals surface area contributed by atoms with Gasteiger partial charge in [0.25, 0.3) is 0 Å². The van der Waals surface area contributed by atoms with Crippen LogP contribution in [-0.4, -0.2) is 59.7 Å². The summed E-state index contributed by atoms with van der Waals surface area (Å²) in [7, 11) is 3.34. The summed E-state index contributed by atoms with van der Waals surface area (Å²) in [5, 5.41) is 22.1. The van der Waals surface area contributed by atoms with Crippen molar-refractivity contribution in [2.45, 2.75) is 19.6 Å². The third kappa shape index (κ3) is 8.54. The third-order valence-electron chi connectivity index (χ3n) is 8.05. The monoisotopic (exact) mass is 673 g/mol. The van der Waals surface area contributed by atoms with Gasteiger partial charge in [0.05, 0.1) is 38.9 Å². The Morgan fingerprint density at radius 2 is 1.24 bits per heavy atom. The van der Waals surface area contributed by atoms with E-state index in [9.17, 15) is 0 Å². The highest BCUT2D eigenvalue weighted by molar-refractivity contribution is 7.14. The molecule has 2 aromatic heterocycles. The van der Waals surface area contributed by atoms with E-state index in [1.165, 1.54) is 5.56 Å². The topological polar surface area (TPSA) is 95.3 Å². The molecule has 1 fully saturated rings. The number of aromatic nitrogens is 2. The van der Waals surface area contributed by atoms with Crippen molar-refractivity contribution in [1.29, 1.82) is 5.26 Å². The molecule has 0 atom stereocenters. The number of hydrogen-bond acceptors (Lipinski definition) is 10. The molecule has 0 spiro atoms. The summed E-state index contributed by atoms with van der Waals surface area (Å²) in [5.74, 6) is 1.66. The number of hydrogen-bond donors (Lipinski definition) is 2. The van der Waals surface area contributed by atoms with Gasteiger partial charge in [-0.15, -0.1) is 22.7 Å². The predicted octanol–water partition coefficient (Wildman–Crippen LogP) is 4.01. The predicted molar refractivity (Wildman–Crippen MR) is 181 cm³/mol. The molecular weight excluding hydrogens is 638 g/mol. The highest BCUT2D eigenvalue weighted by atomic mass is 35.5. The Kier molecular flexibility index (Phi) is 11.1. The van der Waals surface area contributed by atoms with E-state index in [0.717, 1.165) is 94.8 Å². The van der Waals surface area contributed by atoms with Gasteiger partial charge in [0.2, 0.25) is 0 Å². The highest BCUT2D eigenvalue weighted by Crippen LogP contribution is 2.30. The summed E-state index contributed by atoms with van der Waals surface area (Å²) in [6.07, 6.45) is 0. The zero-order chi connectivity index (χ0) is 31.1. The molecule has 0 radical (unpaired) electrons. The molecule has 5 aromatic rings. The van der Waals surface area contributed by atoms with Gasteiger partial charge in [-0.2, -0.15) is 5.26 Å². The lowest BCUT2D eigenvalue weighted by Crippen LogP contribution is -3.00. The van der Waals surface area contributed by atoms with E-state index < -0.39 is 0 Å². The standard InChI is InChI=1S/C34H36N7O2S2.ClH/c1-42-31-11-7-27(8-12-31)36-33-38-29(23-44-33)21-41(17-15-40(16-18-41)20-26-5-3-25(19-35)4-6-26)22-30-24-45-34(39-30)37-28-9-13-32(43-2)14-10-28;/h3-14,23-24H,15-18,20-22H2,1-2H3,(H,36,38)(H,37,39);1H/q+1;/p-1. The molecule has 12 heteroatoms. The Hall–Kier alpha value is -4.18. The zero-order valence-corrected chi connectivity index (χ0v) is 28.2. The number of halogens is 1. The molecule has 238 valence electrons. The number of thiazole rings is 2. The molecule has 1 saturated heterocycles. The van der Waals surface area contributed by atoms with Crippen molar-refractivity contribution in [3.8, 4) is 17.6 Å². The van der Waals surface area contributed by atoms with Crippen molar-refractivity contribution < 1.29 is 26.4 Å². The number of ether oxygens (including phenoxy) is 2. The van der Waals surface area contributed by atoms with Crippen molar-refractivity contribution in [2.75, 3.05) is 51.0 Å². The maximum atomic E-state index is 9.15. The van der Waals surface area contributed by atoms with Gasteiger partial charge >= 0.3 is 0 Å². The van der Waals surface area contributed by atoms with E-state index in [1.54, 1.807) is 36.9 Å². The maximum Gasteiger partial charge on any atom is 0.187 e. The Morgan fingerprint density at radius 3 is 1.67 bits per heavy atom. The van der Waals surface area contributed by atoms with Gasteiger partial charge in [-0.25, -0.2) is 9.97 Å². The summed E-state index contributed by atoms with van der Waals surface area (Å²) >= 11 is 3.26. The van der Waals surface area contributed by atoms with Crippen molar-refractivity contribution in [1.82, 2.24) is 14.9 Å². The molecular formula is C34H36ClN7O2S2. The molecule has 1 aliphatic heterocycles. The Labute approximate surface area is 284 Å². The lowest BCUT2D eigenvalue weighted by Gasteiger charge is -2.44. The number of nitrogens with one attached hydrogen (secondary N) is 2. The van der Waals surface area contributed by atoms with Gasteiger partial charge < -0.3 is 37.0 Å². The first kappa shape index (κ1) is 33.2. The molecule has 9 nitrogen and oxygen atoms in total. The van der Waals surface area contributed by atoms with Crippen molar-refractivity contribution in [3.05, 3.63) is 106 Å². The summed E-state index contributed by atoms with van der Waals surface area (Å²) < 4.78 is 11.5. The summed E-state index contributed by atoms with van der Waals surface area (Å²) in [5.41, 5.74) is 6.07. The Balaban J connectivity index is 0.00000417. The number of rotatable bonds is 12. The second-order valence-electron chi connectivity index (χ2n) is 11.2. The van der Waals surface area contributed by atoms with Crippen molar-refractivity contribution >= 4 is 44.3 Å². The second kappa shape index (κ2) is 15.4. The van der Waals surface area contributed by atoms with Crippen LogP contribution < -0.4 is 32.5 Å². The summed E-state index contributed by atoms with van der Waals surface area (Å²) in [4.78, 5) is 12.5. The van der Waals surface area contributed by atoms with Crippen LogP contribution in [0.4, 0.5) is 21.6 Å². The number of piperazine rings is 1. The molecule has 2 N–H and O–H groups in total. The number of anilines is 4. The molecule has 0 aliphatic carbocycles. The molecule has 0 unspecified atom stereocenters. The normalized spacial score (nSPS) is 14.1. The minimum Gasteiger partial charge on any atom is -1.00 e. The molecule has 3 heterocycles. The minimum absolute atomic E-state index is 0. The number of nitrogens with zero attached hydrogens (tertiary/aromatic N) is 5. The quantitative estimate of drug-likeness (QED) is 0.192. The van der Waals surface area contributed by atoms with E-state index in [2.05, 4.69) is 44.5 Å². The maximum absolute atomic E-state index is 9.15. The van der Waals surface area contributed by atoms with Crippen LogP contribution in [-0.2, 0) is 19.6 Å². The van der Waals surface area contributed by atoms with Crippen LogP contribution in [0.2, 0.25) is 0 Å². The highest BCUT2D eigenvalue weighted by Gasteiger charge is 2.35. The molecule has 6 rings (SSSR count). The Morgan fingerprint density at radius 1 is 0.761 bits per heavy atom. The number of nitriles is 1. The van der Waals surface area contributed by atoms with Crippen molar-refractivity contribution in [3.63, 3.8) is 0 Å². The first-order chi connectivity index (χ1) is 22.0. The average Bonchev–Trinajstić information content (AvgIpc) is 3.71. The number of methoxy groups -OCH3 is 2. The van der Waals surface area contributed by atoms with Crippen LogP contribution in [0.5, 0.6) is 11.5 Å². The summed E-state index contributed by atoms with van der Waals surface area (Å²) in [6, 6.07) is 25.9.